The van der Waals surface area contributed by atoms with Crippen molar-refractivity contribution < 1.29 is 4.74 Å². The summed E-state index contributed by atoms with van der Waals surface area (Å²) in [5, 5.41) is 0. The van der Waals surface area contributed by atoms with Crippen molar-refractivity contribution in [2.45, 2.75) is 32.8 Å². The highest BCUT2D eigenvalue weighted by molar-refractivity contribution is 5.24. The molecule has 1 aromatic carbocycles. The van der Waals surface area contributed by atoms with E-state index in [0.29, 0.717) is 0 Å². The van der Waals surface area contributed by atoms with Crippen molar-refractivity contribution in [3.05, 3.63) is 35.4 Å². The molecule has 1 aromatic rings. The van der Waals surface area contributed by atoms with Crippen molar-refractivity contribution in [3.8, 4) is 0 Å². The SMILES string of the molecule is Cc1ccccc1COCCCCCN. The average molecular weight is 207 g/mol. The maximum Gasteiger partial charge on any atom is 0.0719 e. The Labute approximate surface area is 92.4 Å². The lowest BCUT2D eigenvalue weighted by atomic mass is 10.1. The van der Waals surface area contributed by atoms with E-state index >= 15 is 0 Å². The summed E-state index contributed by atoms with van der Waals surface area (Å²) in [6.07, 6.45) is 3.39. The van der Waals surface area contributed by atoms with Crippen molar-refractivity contribution in [3.63, 3.8) is 0 Å². The van der Waals surface area contributed by atoms with E-state index in [0.717, 1.165) is 32.6 Å². The lowest BCUT2D eigenvalue weighted by Gasteiger charge is -2.06. The van der Waals surface area contributed by atoms with E-state index in [2.05, 4.69) is 31.2 Å². The van der Waals surface area contributed by atoms with Gasteiger partial charge in [0.2, 0.25) is 0 Å². The van der Waals surface area contributed by atoms with Crippen LogP contribution in [0.4, 0.5) is 0 Å². The van der Waals surface area contributed by atoms with Crippen molar-refractivity contribution >= 4 is 0 Å². The van der Waals surface area contributed by atoms with Crippen LogP contribution in [-0.4, -0.2) is 13.2 Å². The molecule has 1 rings (SSSR count). The van der Waals surface area contributed by atoms with Gasteiger partial charge in [-0.25, -0.2) is 0 Å². The molecule has 0 atom stereocenters. The van der Waals surface area contributed by atoms with Gasteiger partial charge in [-0.3, -0.25) is 0 Å². The third kappa shape index (κ3) is 4.96. The third-order valence-corrected chi connectivity index (χ3v) is 2.51. The molecule has 2 N–H and O–H groups in total. The number of aryl methyl sites for hydroxylation is 1. The van der Waals surface area contributed by atoms with Crippen LogP contribution >= 0.6 is 0 Å². The Morgan fingerprint density at radius 1 is 1.13 bits per heavy atom. The summed E-state index contributed by atoms with van der Waals surface area (Å²) < 4.78 is 5.61. The highest BCUT2D eigenvalue weighted by Gasteiger charge is 1.96. The van der Waals surface area contributed by atoms with Crippen LogP contribution in [-0.2, 0) is 11.3 Å². The summed E-state index contributed by atoms with van der Waals surface area (Å²) in [7, 11) is 0. The molecule has 0 amide bonds. The number of unbranched alkanes of at least 4 members (excludes halogenated alkanes) is 2. The number of ether oxygens (including phenoxy) is 1. The third-order valence-electron chi connectivity index (χ3n) is 2.51. The second-order valence-electron chi connectivity index (χ2n) is 3.83. The van der Waals surface area contributed by atoms with Crippen molar-refractivity contribution in [2.24, 2.45) is 5.73 Å². The van der Waals surface area contributed by atoms with Crippen LogP contribution in [0, 0.1) is 6.92 Å². The zero-order valence-corrected chi connectivity index (χ0v) is 9.54. The summed E-state index contributed by atoms with van der Waals surface area (Å²) in [4.78, 5) is 0. The highest BCUT2D eigenvalue weighted by Crippen LogP contribution is 2.08. The quantitative estimate of drug-likeness (QED) is 0.698. The van der Waals surface area contributed by atoms with E-state index in [-0.39, 0.29) is 0 Å². The fraction of sp³-hybridized carbons (Fsp3) is 0.538. The summed E-state index contributed by atoms with van der Waals surface area (Å²) in [6.45, 7) is 4.48. The number of hydrogen-bond donors (Lipinski definition) is 1. The molecule has 0 aliphatic rings. The first-order chi connectivity index (χ1) is 7.34. The minimum atomic E-state index is 0.731. The van der Waals surface area contributed by atoms with Crippen LogP contribution in [0.1, 0.15) is 30.4 Å². The minimum absolute atomic E-state index is 0.731. The van der Waals surface area contributed by atoms with Gasteiger partial charge in [0.25, 0.3) is 0 Å². The van der Waals surface area contributed by atoms with Crippen LogP contribution in [0.2, 0.25) is 0 Å². The lowest BCUT2D eigenvalue weighted by Crippen LogP contribution is -2.01. The Bertz CT molecular complexity index is 273. The molecule has 0 saturated carbocycles. The molecule has 0 heterocycles. The fourth-order valence-electron chi connectivity index (χ4n) is 1.48. The van der Waals surface area contributed by atoms with Crippen molar-refractivity contribution in [2.75, 3.05) is 13.2 Å². The molecular formula is C13H21NO. The van der Waals surface area contributed by atoms with Gasteiger partial charge in [0.05, 0.1) is 6.61 Å². The molecular weight excluding hydrogens is 186 g/mol. The predicted octanol–water partition coefficient (Wildman–Crippen LogP) is 2.64. The number of rotatable bonds is 7. The predicted molar refractivity (Wildman–Crippen MR) is 63.7 cm³/mol. The average Bonchev–Trinajstić information content (AvgIpc) is 2.25. The van der Waals surface area contributed by atoms with E-state index in [1.165, 1.54) is 17.5 Å². The summed E-state index contributed by atoms with van der Waals surface area (Å²) in [5.41, 5.74) is 8.01. The van der Waals surface area contributed by atoms with Gasteiger partial charge in [-0.05, 0) is 43.9 Å². The molecule has 0 bridgehead atoms. The zero-order chi connectivity index (χ0) is 10.9. The summed E-state index contributed by atoms with van der Waals surface area (Å²) in [6, 6.07) is 8.35. The number of nitrogens with two attached hydrogens (primary N) is 1. The first-order valence-corrected chi connectivity index (χ1v) is 5.67. The molecule has 0 spiro atoms. The molecule has 0 radical (unpaired) electrons. The Morgan fingerprint density at radius 2 is 1.93 bits per heavy atom. The minimum Gasteiger partial charge on any atom is -0.377 e. The van der Waals surface area contributed by atoms with Crippen molar-refractivity contribution in [1.82, 2.24) is 0 Å². The van der Waals surface area contributed by atoms with Gasteiger partial charge in [-0.2, -0.15) is 0 Å². The first kappa shape index (κ1) is 12.2. The monoisotopic (exact) mass is 207 g/mol. The second kappa shape index (κ2) is 7.43. The molecule has 0 saturated heterocycles. The van der Waals surface area contributed by atoms with E-state index in [1.54, 1.807) is 0 Å². The first-order valence-electron chi connectivity index (χ1n) is 5.67. The van der Waals surface area contributed by atoms with Crippen LogP contribution in [0.25, 0.3) is 0 Å². The fourth-order valence-corrected chi connectivity index (χ4v) is 1.48. The summed E-state index contributed by atoms with van der Waals surface area (Å²) >= 11 is 0. The second-order valence-corrected chi connectivity index (χ2v) is 3.83. The molecule has 0 unspecified atom stereocenters. The maximum absolute atomic E-state index is 5.61. The molecule has 84 valence electrons. The maximum atomic E-state index is 5.61. The van der Waals surface area contributed by atoms with E-state index in [1.807, 2.05) is 0 Å². The van der Waals surface area contributed by atoms with Crippen LogP contribution in [0.5, 0.6) is 0 Å². The van der Waals surface area contributed by atoms with Crippen molar-refractivity contribution in [1.29, 1.82) is 0 Å². The van der Waals surface area contributed by atoms with Crippen LogP contribution in [0.3, 0.4) is 0 Å². The lowest BCUT2D eigenvalue weighted by molar-refractivity contribution is 0.116. The molecule has 0 aromatic heterocycles. The molecule has 2 nitrogen and oxygen atoms in total. The number of benzene rings is 1. The highest BCUT2D eigenvalue weighted by atomic mass is 16.5. The molecule has 0 aliphatic heterocycles. The Kier molecular flexibility index (Phi) is 6.05. The van der Waals surface area contributed by atoms with Gasteiger partial charge in [-0.1, -0.05) is 24.3 Å². The zero-order valence-electron chi connectivity index (χ0n) is 9.54. The van der Waals surface area contributed by atoms with Crippen LogP contribution in [0.15, 0.2) is 24.3 Å². The van der Waals surface area contributed by atoms with E-state index < -0.39 is 0 Å². The standard InChI is InChI=1S/C13H21NO/c1-12-7-3-4-8-13(12)11-15-10-6-2-5-9-14/h3-4,7-8H,2,5-6,9-11,14H2,1H3. The molecule has 0 aliphatic carbocycles. The van der Waals surface area contributed by atoms with E-state index in [9.17, 15) is 0 Å². The Morgan fingerprint density at radius 3 is 2.67 bits per heavy atom. The molecule has 0 fully saturated rings. The smallest absolute Gasteiger partial charge is 0.0719 e. The molecule has 2 heteroatoms. The molecule has 15 heavy (non-hydrogen) atoms. The van der Waals surface area contributed by atoms with Gasteiger partial charge >= 0.3 is 0 Å². The number of hydrogen-bond acceptors (Lipinski definition) is 2. The van der Waals surface area contributed by atoms with Gasteiger partial charge < -0.3 is 10.5 Å². The normalized spacial score (nSPS) is 10.5. The Balaban J connectivity index is 2.12. The van der Waals surface area contributed by atoms with E-state index in [4.69, 9.17) is 10.5 Å². The topological polar surface area (TPSA) is 35.2 Å². The van der Waals surface area contributed by atoms with Gasteiger partial charge in [0.15, 0.2) is 0 Å². The largest absolute Gasteiger partial charge is 0.377 e. The van der Waals surface area contributed by atoms with Gasteiger partial charge in [0, 0.05) is 6.61 Å². The Hall–Kier alpha value is -0.860. The van der Waals surface area contributed by atoms with Crippen LogP contribution < -0.4 is 5.73 Å². The summed E-state index contributed by atoms with van der Waals surface area (Å²) in [5.74, 6) is 0. The van der Waals surface area contributed by atoms with Gasteiger partial charge in [0.1, 0.15) is 0 Å². The van der Waals surface area contributed by atoms with Gasteiger partial charge in [-0.15, -0.1) is 0 Å².